The summed E-state index contributed by atoms with van der Waals surface area (Å²) >= 11 is 1.20. The molecule has 2 aromatic carbocycles. The van der Waals surface area contributed by atoms with Crippen LogP contribution < -0.4 is 14.8 Å². The van der Waals surface area contributed by atoms with Crippen molar-refractivity contribution in [3.63, 3.8) is 0 Å². The number of anilines is 1. The summed E-state index contributed by atoms with van der Waals surface area (Å²) < 4.78 is 11.3. The maximum Gasteiger partial charge on any atom is 0.346 e. The Bertz CT molecular complexity index is 1110. The second kappa shape index (κ2) is 8.20. The van der Waals surface area contributed by atoms with E-state index in [-0.39, 0.29) is 23.1 Å². The van der Waals surface area contributed by atoms with Crippen molar-refractivity contribution in [3.05, 3.63) is 63.8 Å². The molecule has 0 aliphatic carbocycles. The Morgan fingerprint density at radius 2 is 1.97 bits per heavy atom. The first kappa shape index (κ1) is 20.0. The number of nitrogens with one attached hydrogen (secondary N) is 1. The molecule has 0 radical (unpaired) electrons. The second-order valence-electron chi connectivity index (χ2n) is 6.83. The summed E-state index contributed by atoms with van der Waals surface area (Å²) in [6, 6.07) is 14.8. The number of hydrogen-bond donors (Lipinski definition) is 2. The fraction of sp³-hybridized carbons (Fsp3) is 0.217. The Morgan fingerprint density at radius 3 is 2.63 bits per heavy atom. The number of benzene rings is 2. The van der Waals surface area contributed by atoms with Gasteiger partial charge in [-0.15, -0.1) is 11.3 Å². The van der Waals surface area contributed by atoms with Gasteiger partial charge in [0.15, 0.2) is 11.5 Å². The van der Waals surface area contributed by atoms with Crippen LogP contribution in [-0.2, 0) is 4.79 Å². The van der Waals surface area contributed by atoms with Gasteiger partial charge < -0.3 is 19.9 Å². The van der Waals surface area contributed by atoms with Gasteiger partial charge in [0.05, 0.1) is 19.4 Å². The number of thiophene rings is 1. The smallest absolute Gasteiger partial charge is 0.346 e. The van der Waals surface area contributed by atoms with Crippen LogP contribution in [-0.4, -0.2) is 30.7 Å². The number of rotatable bonds is 6. The molecule has 1 aliphatic rings. The molecule has 2 heterocycles. The fourth-order valence-electron chi connectivity index (χ4n) is 3.84. The molecule has 1 amide bonds. The van der Waals surface area contributed by atoms with Crippen LogP contribution in [0.2, 0.25) is 0 Å². The van der Waals surface area contributed by atoms with Crippen LogP contribution in [0.1, 0.15) is 39.4 Å². The summed E-state index contributed by atoms with van der Waals surface area (Å²) in [4.78, 5) is 25.7. The first-order valence-electron chi connectivity index (χ1n) is 9.60. The number of carbonyl (C=O) groups excluding carboxylic acids is 1. The number of amides is 1. The third-order valence-electron chi connectivity index (χ3n) is 5.06. The third kappa shape index (κ3) is 3.41. The molecule has 3 aromatic rings. The Labute approximate surface area is 178 Å². The number of carboxylic acids is 1. The largest absolute Gasteiger partial charge is 0.493 e. The Balaban J connectivity index is 1.95. The van der Waals surface area contributed by atoms with E-state index in [9.17, 15) is 14.7 Å². The van der Waals surface area contributed by atoms with Crippen LogP contribution in [0.4, 0.5) is 5.69 Å². The number of ether oxygens (including phenoxy) is 2. The van der Waals surface area contributed by atoms with Gasteiger partial charge in [0.2, 0.25) is 5.91 Å². The number of carbonyl (C=O) groups is 2. The van der Waals surface area contributed by atoms with Gasteiger partial charge in [-0.2, -0.15) is 0 Å². The number of fused-ring (bicyclic) bond motifs is 1. The molecule has 1 aliphatic heterocycles. The lowest BCUT2D eigenvalue weighted by Crippen LogP contribution is -2.23. The molecule has 30 heavy (non-hydrogen) atoms. The number of methoxy groups -OCH3 is 1. The lowest BCUT2D eigenvalue weighted by molar-refractivity contribution is -0.116. The van der Waals surface area contributed by atoms with E-state index in [0.29, 0.717) is 29.4 Å². The van der Waals surface area contributed by atoms with Crippen LogP contribution in [0, 0.1) is 0 Å². The molecule has 0 fully saturated rings. The Kier molecular flexibility index (Phi) is 5.46. The van der Waals surface area contributed by atoms with Gasteiger partial charge in [-0.1, -0.05) is 42.5 Å². The minimum atomic E-state index is -1.02. The molecule has 7 heteroatoms. The molecule has 1 aromatic heterocycles. The number of aromatic carboxylic acids is 1. The van der Waals surface area contributed by atoms with E-state index in [1.165, 1.54) is 11.3 Å². The maximum atomic E-state index is 12.7. The van der Waals surface area contributed by atoms with Gasteiger partial charge in [0.25, 0.3) is 0 Å². The van der Waals surface area contributed by atoms with Crippen molar-refractivity contribution < 1.29 is 24.2 Å². The van der Waals surface area contributed by atoms with E-state index in [0.717, 1.165) is 16.0 Å². The lowest BCUT2D eigenvalue weighted by atomic mass is 9.88. The fourth-order valence-corrected chi connectivity index (χ4v) is 5.07. The maximum absolute atomic E-state index is 12.7. The van der Waals surface area contributed by atoms with Gasteiger partial charge in [0.1, 0.15) is 4.88 Å². The van der Waals surface area contributed by atoms with Crippen molar-refractivity contribution in [2.45, 2.75) is 19.3 Å². The highest BCUT2D eigenvalue weighted by atomic mass is 32.1. The molecule has 154 valence electrons. The average molecular weight is 423 g/mol. The highest BCUT2D eigenvalue weighted by molar-refractivity contribution is 7.15. The van der Waals surface area contributed by atoms with E-state index < -0.39 is 5.97 Å². The van der Waals surface area contributed by atoms with Crippen LogP contribution in [0.5, 0.6) is 11.5 Å². The normalized spacial score (nSPS) is 15.3. The van der Waals surface area contributed by atoms with Crippen LogP contribution in [0.15, 0.2) is 48.5 Å². The van der Waals surface area contributed by atoms with Crippen molar-refractivity contribution in [2.24, 2.45) is 0 Å². The number of hydrogen-bond acceptors (Lipinski definition) is 5. The molecule has 1 atom stereocenters. The summed E-state index contributed by atoms with van der Waals surface area (Å²) in [5, 5.41) is 12.8. The van der Waals surface area contributed by atoms with Gasteiger partial charge >= 0.3 is 5.97 Å². The average Bonchev–Trinajstić information content (AvgIpc) is 3.14. The van der Waals surface area contributed by atoms with Crippen LogP contribution in [0.25, 0.3) is 11.1 Å². The standard InChI is InChI=1S/C23H21NO5S/c1-3-29-20-14(10-7-11-16(20)28-2)15-12-17(25)24-19-18(13-8-5-4-6-9-13)22(23(26)27)30-21(15)19/h4-11,15H,3,12H2,1-2H3,(H,24,25)(H,26,27)/t15-/m1/s1. The van der Waals surface area contributed by atoms with Crippen molar-refractivity contribution in [1.82, 2.24) is 0 Å². The first-order valence-corrected chi connectivity index (χ1v) is 10.4. The van der Waals surface area contributed by atoms with Gasteiger partial charge in [-0.05, 0) is 18.6 Å². The van der Waals surface area contributed by atoms with E-state index in [1.54, 1.807) is 7.11 Å². The number of para-hydroxylation sites is 1. The summed E-state index contributed by atoms with van der Waals surface area (Å²) in [5.41, 5.74) is 2.67. The molecule has 0 saturated carbocycles. The zero-order valence-electron chi connectivity index (χ0n) is 16.6. The van der Waals surface area contributed by atoms with Crippen molar-refractivity contribution in [3.8, 4) is 22.6 Å². The van der Waals surface area contributed by atoms with Gasteiger partial charge in [0, 0.05) is 28.3 Å². The van der Waals surface area contributed by atoms with Gasteiger partial charge in [-0.3, -0.25) is 4.79 Å². The quantitative estimate of drug-likeness (QED) is 0.583. The van der Waals surface area contributed by atoms with E-state index in [4.69, 9.17) is 9.47 Å². The summed E-state index contributed by atoms with van der Waals surface area (Å²) in [7, 11) is 1.57. The molecule has 0 bridgehead atoms. The molecule has 0 spiro atoms. The third-order valence-corrected chi connectivity index (χ3v) is 6.35. The predicted octanol–water partition coefficient (Wildman–Crippen LogP) is 4.99. The molecule has 4 rings (SSSR count). The molecular formula is C23H21NO5S. The van der Waals surface area contributed by atoms with E-state index in [2.05, 4.69) is 5.32 Å². The van der Waals surface area contributed by atoms with E-state index in [1.807, 2.05) is 55.5 Å². The first-order chi connectivity index (χ1) is 14.5. The van der Waals surface area contributed by atoms with Crippen molar-refractivity contribution in [1.29, 1.82) is 0 Å². The zero-order chi connectivity index (χ0) is 21.3. The number of carboxylic acid groups (broad SMARTS) is 1. The molecule has 0 unspecified atom stereocenters. The minimum Gasteiger partial charge on any atom is -0.493 e. The molecule has 6 nitrogen and oxygen atoms in total. The minimum absolute atomic E-state index is 0.162. The van der Waals surface area contributed by atoms with Crippen molar-refractivity contribution in [2.75, 3.05) is 19.0 Å². The topological polar surface area (TPSA) is 84.9 Å². The van der Waals surface area contributed by atoms with Gasteiger partial charge in [-0.25, -0.2) is 4.79 Å². The van der Waals surface area contributed by atoms with Crippen molar-refractivity contribution >= 4 is 28.9 Å². The zero-order valence-corrected chi connectivity index (χ0v) is 17.4. The van der Waals surface area contributed by atoms with Crippen LogP contribution >= 0.6 is 11.3 Å². The molecule has 0 saturated heterocycles. The van der Waals surface area contributed by atoms with E-state index >= 15 is 0 Å². The Morgan fingerprint density at radius 1 is 1.20 bits per heavy atom. The molecular weight excluding hydrogens is 402 g/mol. The molecule has 2 N–H and O–H groups in total. The lowest BCUT2D eigenvalue weighted by Gasteiger charge is -2.26. The summed E-state index contributed by atoms with van der Waals surface area (Å²) in [5.74, 6) is -0.340. The summed E-state index contributed by atoms with van der Waals surface area (Å²) in [6.07, 6.45) is 0.202. The highest BCUT2D eigenvalue weighted by Crippen LogP contribution is 2.51. The monoisotopic (exact) mass is 423 g/mol. The van der Waals surface area contributed by atoms with Crippen LogP contribution in [0.3, 0.4) is 0 Å². The second-order valence-corrected chi connectivity index (χ2v) is 7.89. The SMILES string of the molecule is CCOc1c(OC)cccc1[C@H]1CC(=O)Nc2c1sc(C(=O)O)c2-c1ccccc1. The Hall–Kier alpha value is -3.32. The highest BCUT2D eigenvalue weighted by Gasteiger charge is 2.36. The summed E-state index contributed by atoms with van der Waals surface area (Å²) in [6.45, 7) is 2.33. The predicted molar refractivity (Wildman–Crippen MR) is 116 cm³/mol.